The zero-order valence-corrected chi connectivity index (χ0v) is 43.8. The largest absolute Gasteiger partial charge is 0.384 e. The first kappa shape index (κ1) is 51.6. The Hall–Kier alpha value is -9.17. The number of rotatable bonds is 11. The molecule has 4 saturated heterocycles. The first-order valence-electron chi connectivity index (χ1n) is 26.8. The molecule has 408 valence electrons. The maximum atomic E-state index is 15.9. The van der Waals surface area contributed by atoms with E-state index in [0.29, 0.717) is 105 Å². The number of aromatic nitrogens is 8. The zero-order valence-electron chi connectivity index (χ0n) is 43.8. The number of nitrogens with one attached hydrogen (secondary N) is 2. The van der Waals surface area contributed by atoms with Gasteiger partial charge in [-0.15, -0.1) is 0 Å². The Balaban J connectivity index is 0.577. The number of carbonyl (C=O) groups excluding carboxylic acids is 5. The Morgan fingerprint density at radius 3 is 2.31 bits per heavy atom. The van der Waals surface area contributed by atoms with Crippen LogP contribution < -0.4 is 26.2 Å². The number of amides is 5. The second kappa shape index (κ2) is 21.6. The lowest BCUT2D eigenvalue weighted by molar-refractivity contribution is -0.138. The molecule has 0 aliphatic carbocycles. The number of hydrogen-bond acceptors (Lipinski definition) is 16. The number of fused-ring (bicyclic) bond motifs is 2. The number of carbonyl (C=O) groups is 5. The minimum absolute atomic E-state index is 0.0465. The molecule has 23 heteroatoms. The number of anilines is 4. The fraction of sp³-hybridized carbons (Fsp3) is 0.351. The van der Waals surface area contributed by atoms with Crippen LogP contribution in [0.1, 0.15) is 82.5 Å². The first-order valence-corrected chi connectivity index (χ1v) is 26.8. The number of imidazole rings is 1. The van der Waals surface area contributed by atoms with Crippen molar-refractivity contribution in [3.05, 3.63) is 126 Å². The molecule has 21 nitrogen and oxygen atoms in total. The third-order valence-corrected chi connectivity index (χ3v) is 15.8. The molecule has 1 atom stereocenters. The smallest absolute Gasteiger partial charge is 0.264 e. The summed E-state index contributed by atoms with van der Waals surface area (Å²) in [6.45, 7) is 7.17. The van der Waals surface area contributed by atoms with Crippen LogP contribution in [0, 0.1) is 36.3 Å². The van der Waals surface area contributed by atoms with Crippen LogP contribution in [-0.4, -0.2) is 148 Å². The van der Waals surface area contributed by atoms with Crippen molar-refractivity contribution in [1.82, 2.24) is 59.3 Å². The van der Waals surface area contributed by atoms with E-state index in [2.05, 4.69) is 57.3 Å². The van der Waals surface area contributed by atoms with Gasteiger partial charge in [-0.3, -0.25) is 48.3 Å². The van der Waals surface area contributed by atoms with Gasteiger partial charge in [-0.1, -0.05) is 12.0 Å². The summed E-state index contributed by atoms with van der Waals surface area (Å²) in [7, 11) is 0. The molecule has 0 bridgehead atoms. The van der Waals surface area contributed by atoms with Crippen molar-refractivity contribution in [2.75, 3.05) is 79.8 Å². The minimum atomic E-state index is -1.04. The number of nitrogens with zero attached hydrogens (tertiary/aromatic N) is 13. The van der Waals surface area contributed by atoms with Gasteiger partial charge < -0.3 is 25.8 Å². The maximum absolute atomic E-state index is 15.9. The van der Waals surface area contributed by atoms with E-state index in [0.717, 1.165) is 47.4 Å². The fourth-order valence-electron chi connectivity index (χ4n) is 11.6. The Morgan fingerprint density at radius 1 is 0.812 bits per heavy atom. The van der Waals surface area contributed by atoms with Crippen LogP contribution in [0.25, 0.3) is 28.1 Å². The minimum Gasteiger partial charge on any atom is -0.384 e. The van der Waals surface area contributed by atoms with Gasteiger partial charge in [-0.2, -0.15) is 5.10 Å². The zero-order chi connectivity index (χ0) is 55.2. The highest BCUT2D eigenvalue weighted by atomic mass is 19.1. The van der Waals surface area contributed by atoms with E-state index in [1.807, 2.05) is 27.9 Å². The summed E-state index contributed by atoms with van der Waals surface area (Å²) in [5.74, 6) is 4.07. The van der Waals surface area contributed by atoms with Crippen molar-refractivity contribution >= 4 is 63.6 Å². The summed E-state index contributed by atoms with van der Waals surface area (Å²) in [6.07, 6.45) is 12.0. The normalized spacial score (nSPS) is 18.4. The number of likely N-dealkylation sites (tertiary alicyclic amines) is 1. The van der Waals surface area contributed by atoms with Gasteiger partial charge in [0.15, 0.2) is 17.3 Å². The fourth-order valence-corrected chi connectivity index (χ4v) is 11.6. The standard InChI is InChI=1S/C57H56F2N16O5/c1-34-66-46-8-7-44(37-11-16-61-48(60)26-37)67-53(46)74(34)39-27-42(58)52(43(59)28-39)71-24-22-69(23-25-71)17-3-6-49-63-31-40(32-64-49)70-18-12-36(13-19-70)55(78)72-20-14-38(15-21-72)73-33-35(30-65-73)29-62-45-5-2-4-41-51(45)57(80)75(56(41)79)47-9-10-50(76)68-54(47)77/h2,4-5,7-8,11,16,26-28,30-33,36,38,47,62H,9-10,12-15,17-25,29H2,1H3,(H2,60,61)(H,68,76,77). The van der Waals surface area contributed by atoms with Gasteiger partial charge in [0.05, 0.1) is 59.4 Å². The van der Waals surface area contributed by atoms with E-state index in [9.17, 15) is 24.0 Å². The van der Waals surface area contributed by atoms with Gasteiger partial charge in [0.25, 0.3) is 11.8 Å². The average Bonchev–Trinajstić information content (AvgIpc) is 4.22. The first-order chi connectivity index (χ1) is 38.8. The van der Waals surface area contributed by atoms with E-state index >= 15 is 8.78 Å². The number of halogens is 2. The van der Waals surface area contributed by atoms with Gasteiger partial charge in [-0.05, 0) is 81.3 Å². The predicted molar refractivity (Wildman–Crippen MR) is 291 cm³/mol. The van der Waals surface area contributed by atoms with Crippen molar-refractivity contribution < 1.29 is 32.8 Å². The Bertz CT molecular complexity index is 3640. The van der Waals surface area contributed by atoms with Crippen LogP contribution in [0.4, 0.5) is 31.7 Å². The van der Waals surface area contributed by atoms with Crippen molar-refractivity contribution in [3.63, 3.8) is 0 Å². The molecule has 4 fully saturated rings. The number of piperidine rings is 3. The van der Waals surface area contributed by atoms with E-state index < -0.39 is 41.3 Å². The third-order valence-electron chi connectivity index (χ3n) is 15.8. The quantitative estimate of drug-likeness (QED) is 0.115. The predicted octanol–water partition coefficient (Wildman–Crippen LogP) is 4.90. The molecule has 5 aliphatic heterocycles. The van der Waals surface area contributed by atoms with Crippen LogP contribution in [-0.2, 0) is 20.9 Å². The van der Waals surface area contributed by atoms with Crippen molar-refractivity contribution in [2.45, 2.75) is 64.1 Å². The van der Waals surface area contributed by atoms with Gasteiger partial charge in [-0.25, -0.2) is 33.7 Å². The molecule has 0 radical (unpaired) electrons. The summed E-state index contributed by atoms with van der Waals surface area (Å²) in [5, 5.41) is 10.1. The highest BCUT2D eigenvalue weighted by Gasteiger charge is 2.46. The van der Waals surface area contributed by atoms with Crippen LogP contribution in [0.15, 0.2) is 85.6 Å². The highest BCUT2D eigenvalue weighted by Crippen LogP contribution is 2.35. The molecule has 2 aromatic carbocycles. The van der Waals surface area contributed by atoms with Gasteiger partial charge in [0.2, 0.25) is 23.5 Å². The number of hydrogen-bond donors (Lipinski definition) is 3. The molecule has 0 saturated carbocycles. The maximum Gasteiger partial charge on any atom is 0.264 e. The van der Waals surface area contributed by atoms with Crippen LogP contribution in [0.5, 0.6) is 0 Å². The number of aryl methyl sites for hydroxylation is 1. The number of benzene rings is 2. The van der Waals surface area contributed by atoms with E-state index in [1.54, 1.807) is 71.5 Å². The summed E-state index contributed by atoms with van der Waals surface area (Å²) < 4.78 is 35.4. The van der Waals surface area contributed by atoms with E-state index in [4.69, 9.17) is 10.7 Å². The summed E-state index contributed by atoms with van der Waals surface area (Å²) in [5.41, 5.74) is 11.2. The van der Waals surface area contributed by atoms with Crippen molar-refractivity contribution in [1.29, 1.82) is 0 Å². The molecular weight excluding hydrogens is 1030 g/mol. The average molecular weight is 1080 g/mol. The topological polar surface area (TPSA) is 239 Å². The summed E-state index contributed by atoms with van der Waals surface area (Å²) >= 11 is 0. The summed E-state index contributed by atoms with van der Waals surface area (Å²) in [6, 6.07) is 13.8. The van der Waals surface area contributed by atoms with Crippen LogP contribution in [0.3, 0.4) is 0 Å². The summed E-state index contributed by atoms with van der Waals surface area (Å²) in [4.78, 5) is 96.2. The van der Waals surface area contributed by atoms with Crippen molar-refractivity contribution in [3.8, 4) is 28.8 Å². The Labute approximate surface area is 458 Å². The second-order valence-electron chi connectivity index (χ2n) is 20.8. The van der Waals surface area contributed by atoms with Gasteiger partial charge >= 0.3 is 0 Å². The lowest BCUT2D eigenvalue weighted by atomic mass is 9.93. The Morgan fingerprint density at radius 2 is 1.57 bits per heavy atom. The SMILES string of the molecule is Cc1nc2ccc(-c3ccnc(N)c3)nc2n1-c1cc(F)c(N2CCN(CC#Cc3ncc(N4CCC(C(=O)N5CCC(n6cc(CNc7cccc8c7C(=O)N(C7CCC(=O)NC7=O)C8=O)cn6)CC5)CC4)cn3)CC2)c(F)c1. The number of nitrogens with two attached hydrogens (primary N) is 1. The van der Waals surface area contributed by atoms with E-state index in [1.165, 1.54) is 12.1 Å². The van der Waals surface area contributed by atoms with Crippen LogP contribution >= 0.6 is 0 Å². The lowest BCUT2D eigenvalue weighted by Gasteiger charge is -2.37. The number of nitrogen functional groups attached to an aromatic ring is 1. The van der Waals surface area contributed by atoms with E-state index in [-0.39, 0.29) is 53.2 Å². The third kappa shape index (κ3) is 10.1. The molecule has 80 heavy (non-hydrogen) atoms. The molecule has 5 aliphatic rings. The van der Waals surface area contributed by atoms with Gasteiger partial charge in [0.1, 0.15) is 28.9 Å². The highest BCUT2D eigenvalue weighted by molar-refractivity contribution is 6.25. The molecule has 12 rings (SSSR count). The Kier molecular flexibility index (Phi) is 13.9. The van der Waals surface area contributed by atoms with Gasteiger partial charge in [0, 0.05) is 113 Å². The van der Waals surface area contributed by atoms with Crippen LogP contribution in [0.2, 0.25) is 0 Å². The molecule has 0 spiro atoms. The monoisotopic (exact) mass is 1080 g/mol. The molecule has 5 aromatic heterocycles. The second-order valence-corrected chi connectivity index (χ2v) is 20.8. The molecular formula is C57H56F2N16O5. The molecule has 1 unspecified atom stereocenters. The number of imide groups is 2. The van der Waals surface area contributed by atoms with Crippen molar-refractivity contribution in [2.24, 2.45) is 5.92 Å². The lowest BCUT2D eigenvalue weighted by Crippen LogP contribution is -2.54. The number of pyridine rings is 2. The molecule has 7 aromatic rings. The molecule has 5 amide bonds. The molecule has 4 N–H and O–H groups in total. The molecule has 10 heterocycles. The number of piperazine rings is 1.